The van der Waals surface area contributed by atoms with E-state index in [1.54, 1.807) is 17.9 Å². The number of hydrogen-bond donors (Lipinski definition) is 2. The highest BCUT2D eigenvalue weighted by Gasteiger charge is 2.48. The van der Waals surface area contributed by atoms with Crippen LogP contribution < -0.4 is 10.9 Å². The maximum Gasteiger partial charge on any atom is 0.270 e. The summed E-state index contributed by atoms with van der Waals surface area (Å²) >= 11 is 0. The number of hydrogen-bond acceptors (Lipinski definition) is 6. The van der Waals surface area contributed by atoms with Gasteiger partial charge in [-0.25, -0.2) is 8.78 Å². The number of carbonyl (C=O) groups excluding carboxylic acids is 2. The molecule has 0 atom stereocenters. The summed E-state index contributed by atoms with van der Waals surface area (Å²) in [6.07, 6.45) is 4.52. The van der Waals surface area contributed by atoms with E-state index < -0.39 is 23.3 Å². The molecule has 10 nitrogen and oxygen atoms in total. The molecule has 3 fully saturated rings. The van der Waals surface area contributed by atoms with Gasteiger partial charge in [-0.15, -0.1) is 0 Å². The summed E-state index contributed by atoms with van der Waals surface area (Å²) in [6.45, 7) is 7.81. The van der Waals surface area contributed by atoms with E-state index in [0.29, 0.717) is 43.0 Å². The molecule has 3 aliphatic rings. The molecule has 5 rings (SSSR count). The SMILES string of the molecule is CC(=Cc1cnn2c(O)c(C(=O)NC3CC3)c(=O)n(CC(C)C)c12)C(=O)N1CCN(C2CC(F)(F)C2)CC1. The summed E-state index contributed by atoms with van der Waals surface area (Å²) in [4.78, 5) is 43.1. The summed E-state index contributed by atoms with van der Waals surface area (Å²) in [7, 11) is 0. The molecule has 12 heteroatoms. The normalized spacial score (nSPS) is 20.7. The van der Waals surface area contributed by atoms with E-state index in [9.17, 15) is 28.3 Å². The van der Waals surface area contributed by atoms with Crippen LogP contribution in [-0.4, -0.2) is 85.1 Å². The molecule has 0 radical (unpaired) electrons. The van der Waals surface area contributed by atoms with Gasteiger partial charge in [0.1, 0.15) is 5.65 Å². The third-order valence-corrected chi connectivity index (χ3v) is 7.49. The average Bonchev–Trinajstić information content (AvgIpc) is 3.56. The zero-order valence-electron chi connectivity index (χ0n) is 21.9. The highest BCUT2D eigenvalue weighted by Crippen LogP contribution is 2.40. The summed E-state index contributed by atoms with van der Waals surface area (Å²) in [5, 5.41) is 17.8. The van der Waals surface area contributed by atoms with Crippen LogP contribution in [0.4, 0.5) is 8.78 Å². The summed E-state index contributed by atoms with van der Waals surface area (Å²) in [6, 6.07) is -0.115. The molecule has 0 spiro atoms. The van der Waals surface area contributed by atoms with Gasteiger partial charge in [0.15, 0.2) is 5.56 Å². The van der Waals surface area contributed by atoms with E-state index in [2.05, 4.69) is 10.4 Å². The monoisotopic (exact) mass is 532 g/mol. The molecule has 1 saturated heterocycles. The van der Waals surface area contributed by atoms with E-state index in [1.807, 2.05) is 18.7 Å². The van der Waals surface area contributed by atoms with Gasteiger partial charge in [0, 0.05) is 68.8 Å². The molecule has 206 valence electrons. The predicted molar refractivity (Wildman–Crippen MR) is 136 cm³/mol. The summed E-state index contributed by atoms with van der Waals surface area (Å²) < 4.78 is 29.1. The molecule has 0 unspecified atom stereocenters. The fourth-order valence-electron chi connectivity index (χ4n) is 5.26. The lowest BCUT2D eigenvalue weighted by Gasteiger charge is -2.46. The van der Waals surface area contributed by atoms with Crippen molar-refractivity contribution in [3.05, 3.63) is 33.3 Å². The second-order valence-electron chi connectivity index (χ2n) is 11.2. The van der Waals surface area contributed by atoms with Crippen LogP contribution in [0.25, 0.3) is 11.7 Å². The van der Waals surface area contributed by atoms with Crippen molar-refractivity contribution < 1.29 is 23.5 Å². The quantitative estimate of drug-likeness (QED) is 0.529. The maximum absolute atomic E-state index is 13.4. The number of halogens is 2. The van der Waals surface area contributed by atoms with Gasteiger partial charge < -0.3 is 15.3 Å². The standard InChI is InChI=1S/C26H34F2N6O4/c1-15(2)14-33-22-17(13-29-34(22)25(38)20(24(33)37)21(35)30-18-4-5-18)10-16(3)23(36)32-8-6-31(7-9-32)19-11-26(27,28)12-19/h10,13,15,18-19,38H,4-9,11-12,14H2,1-3H3,(H,30,35). The van der Waals surface area contributed by atoms with Gasteiger partial charge in [-0.2, -0.15) is 9.61 Å². The van der Waals surface area contributed by atoms with Crippen LogP contribution in [0.15, 0.2) is 16.6 Å². The van der Waals surface area contributed by atoms with Crippen molar-refractivity contribution in [2.75, 3.05) is 26.2 Å². The topological polar surface area (TPSA) is 112 Å². The molecule has 2 saturated carbocycles. The summed E-state index contributed by atoms with van der Waals surface area (Å²) in [5.41, 5.74) is 0.222. The largest absolute Gasteiger partial charge is 0.492 e. The second-order valence-corrected chi connectivity index (χ2v) is 11.2. The van der Waals surface area contributed by atoms with Gasteiger partial charge >= 0.3 is 0 Å². The first-order valence-electron chi connectivity index (χ1n) is 13.2. The number of rotatable bonds is 7. The molecular weight excluding hydrogens is 498 g/mol. The Kier molecular flexibility index (Phi) is 6.79. The van der Waals surface area contributed by atoms with Crippen LogP contribution in [0.5, 0.6) is 5.88 Å². The van der Waals surface area contributed by atoms with E-state index >= 15 is 0 Å². The second kappa shape index (κ2) is 9.79. The Hall–Kier alpha value is -3.28. The minimum Gasteiger partial charge on any atom is -0.492 e. The smallest absolute Gasteiger partial charge is 0.270 e. The Morgan fingerprint density at radius 2 is 1.87 bits per heavy atom. The summed E-state index contributed by atoms with van der Waals surface area (Å²) in [5.74, 6) is -3.87. The molecule has 2 amide bonds. The Labute approximate surface area is 218 Å². The molecule has 0 aromatic carbocycles. The molecule has 0 bridgehead atoms. The van der Waals surface area contributed by atoms with Gasteiger partial charge in [0.05, 0.1) is 6.20 Å². The fraction of sp³-hybridized carbons (Fsp3) is 0.615. The van der Waals surface area contributed by atoms with Crippen molar-refractivity contribution in [2.45, 2.75) is 71.0 Å². The number of alkyl halides is 2. The van der Waals surface area contributed by atoms with Crippen molar-refractivity contribution in [1.82, 2.24) is 29.3 Å². The molecule has 38 heavy (non-hydrogen) atoms. The van der Waals surface area contributed by atoms with Crippen molar-refractivity contribution in [3.8, 4) is 5.88 Å². The third kappa shape index (κ3) is 5.05. The van der Waals surface area contributed by atoms with Crippen molar-refractivity contribution in [3.63, 3.8) is 0 Å². The molecule has 2 aromatic heterocycles. The third-order valence-electron chi connectivity index (χ3n) is 7.49. The lowest BCUT2D eigenvalue weighted by atomic mass is 9.86. The zero-order valence-corrected chi connectivity index (χ0v) is 21.9. The van der Waals surface area contributed by atoms with Crippen LogP contribution in [-0.2, 0) is 11.3 Å². The highest BCUT2D eigenvalue weighted by atomic mass is 19.3. The Balaban J connectivity index is 1.40. The number of piperazine rings is 1. The Morgan fingerprint density at radius 1 is 1.21 bits per heavy atom. The van der Waals surface area contributed by atoms with Crippen LogP contribution in [0.3, 0.4) is 0 Å². The van der Waals surface area contributed by atoms with E-state index in [4.69, 9.17) is 0 Å². The highest BCUT2D eigenvalue weighted by molar-refractivity contribution is 5.99. The van der Waals surface area contributed by atoms with Gasteiger partial charge in [0.2, 0.25) is 11.8 Å². The minimum atomic E-state index is -2.57. The first-order chi connectivity index (χ1) is 17.9. The van der Waals surface area contributed by atoms with Gasteiger partial charge in [-0.05, 0) is 31.8 Å². The van der Waals surface area contributed by atoms with Crippen molar-refractivity contribution in [2.24, 2.45) is 5.92 Å². The number of carbonyl (C=O) groups is 2. The fourth-order valence-corrected chi connectivity index (χ4v) is 5.26. The van der Waals surface area contributed by atoms with Gasteiger partial charge in [0.25, 0.3) is 17.4 Å². The predicted octanol–water partition coefficient (Wildman–Crippen LogP) is 2.09. The maximum atomic E-state index is 13.4. The first-order valence-corrected chi connectivity index (χ1v) is 13.2. The number of aromatic nitrogens is 3. The lowest BCUT2D eigenvalue weighted by Crippen LogP contribution is -2.57. The van der Waals surface area contributed by atoms with Gasteiger partial charge in [-0.1, -0.05) is 13.8 Å². The number of fused-ring (bicyclic) bond motifs is 1. The number of nitrogens with one attached hydrogen (secondary N) is 1. The lowest BCUT2D eigenvalue weighted by molar-refractivity contribution is -0.139. The van der Waals surface area contributed by atoms with Gasteiger partial charge in [-0.3, -0.25) is 23.9 Å². The van der Waals surface area contributed by atoms with E-state index in [-0.39, 0.29) is 48.9 Å². The van der Waals surface area contributed by atoms with Crippen LogP contribution in [0, 0.1) is 5.92 Å². The molecule has 2 N–H and O–H groups in total. The Morgan fingerprint density at radius 3 is 2.45 bits per heavy atom. The van der Waals surface area contributed by atoms with Crippen LogP contribution in [0.1, 0.15) is 62.4 Å². The van der Waals surface area contributed by atoms with Crippen LogP contribution >= 0.6 is 0 Å². The van der Waals surface area contributed by atoms with Crippen molar-refractivity contribution >= 4 is 23.5 Å². The van der Waals surface area contributed by atoms with E-state index in [1.165, 1.54) is 15.3 Å². The Bertz CT molecular complexity index is 1340. The molecule has 2 aromatic rings. The number of nitrogens with zero attached hydrogens (tertiary/aromatic N) is 5. The molecular formula is C26H34F2N6O4. The average molecular weight is 533 g/mol. The molecule has 1 aliphatic heterocycles. The molecule has 2 aliphatic carbocycles. The zero-order chi connectivity index (χ0) is 27.4. The number of amides is 2. The van der Waals surface area contributed by atoms with Crippen molar-refractivity contribution in [1.29, 1.82) is 0 Å². The van der Waals surface area contributed by atoms with Crippen LogP contribution in [0.2, 0.25) is 0 Å². The first kappa shape index (κ1) is 26.3. The minimum absolute atomic E-state index is 0.0110. The molecule has 3 heterocycles. The van der Waals surface area contributed by atoms with E-state index in [0.717, 1.165) is 12.8 Å². The number of aromatic hydroxyl groups is 1.